The van der Waals surface area contributed by atoms with Crippen LogP contribution in [0.1, 0.15) is 5.82 Å². The van der Waals surface area contributed by atoms with Gasteiger partial charge in [0.1, 0.15) is 5.82 Å². The van der Waals surface area contributed by atoms with E-state index < -0.39 is 17.8 Å². The van der Waals surface area contributed by atoms with E-state index in [1.807, 2.05) is 0 Å². The molecule has 0 saturated heterocycles. The smallest absolute Gasteiger partial charge is 0.296 e. The number of alkyl halides is 3. The van der Waals surface area contributed by atoms with E-state index >= 15 is 0 Å². The van der Waals surface area contributed by atoms with E-state index in [1.165, 1.54) is 18.3 Å². The topological polar surface area (TPSA) is 17.8 Å². The van der Waals surface area contributed by atoms with E-state index in [9.17, 15) is 17.6 Å². The van der Waals surface area contributed by atoms with Crippen LogP contribution < -0.4 is 0 Å². The number of halogens is 4. The molecule has 1 aromatic heterocycles. The van der Waals surface area contributed by atoms with Crippen LogP contribution in [0.4, 0.5) is 17.6 Å². The normalized spacial score (nSPS) is 11.6. The fraction of sp³-hybridized carbons (Fsp3) is 0.0625. The molecule has 3 aromatic rings. The molecule has 0 fully saturated rings. The number of hydrogen-bond donors (Lipinski definition) is 0. The molecule has 0 spiro atoms. The maximum atomic E-state index is 13.2. The Balaban J connectivity index is 2.16. The first-order valence-electron chi connectivity index (χ1n) is 6.43. The van der Waals surface area contributed by atoms with Crippen LogP contribution in [0.15, 0.2) is 60.8 Å². The van der Waals surface area contributed by atoms with E-state index in [2.05, 4.69) is 4.98 Å². The number of nitrogens with zero attached hydrogens (tertiary/aromatic N) is 2. The molecule has 3 rings (SSSR count). The van der Waals surface area contributed by atoms with Crippen molar-refractivity contribution in [2.45, 2.75) is 6.18 Å². The monoisotopic (exact) mass is 306 g/mol. The quantitative estimate of drug-likeness (QED) is 0.628. The zero-order chi connectivity index (χ0) is 15.7. The lowest BCUT2D eigenvalue weighted by Crippen LogP contribution is -2.13. The summed E-state index contributed by atoms with van der Waals surface area (Å²) in [5.41, 5.74) is 0.981. The summed E-state index contributed by atoms with van der Waals surface area (Å²) in [7, 11) is 0. The zero-order valence-corrected chi connectivity index (χ0v) is 11.2. The minimum absolute atomic E-state index is 0.198. The van der Waals surface area contributed by atoms with Crippen LogP contribution in [-0.2, 0) is 6.18 Å². The maximum absolute atomic E-state index is 13.2. The standard InChI is InChI=1S/C16H10F4N2/c17-12-6-8-13(9-7-12)22-10-14(11-4-2-1-3-5-11)21-15(22)16(18,19)20/h1-10H. The number of hydrogen-bond acceptors (Lipinski definition) is 1. The van der Waals surface area contributed by atoms with Crippen LogP contribution in [-0.4, -0.2) is 9.55 Å². The molecular weight excluding hydrogens is 296 g/mol. The number of benzene rings is 2. The van der Waals surface area contributed by atoms with Gasteiger partial charge in [0.05, 0.1) is 5.69 Å². The Morgan fingerprint density at radius 1 is 0.864 bits per heavy atom. The Kier molecular flexibility index (Phi) is 3.44. The summed E-state index contributed by atoms with van der Waals surface area (Å²) in [6.07, 6.45) is -3.31. The third-order valence-electron chi connectivity index (χ3n) is 3.13. The third-order valence-corrected chi connectivity index (χ3v) is 3.13. The van der Waals surface area contributed by atoms with Gasteiger partial charge < -0.3 is 0 Å². The highest BCUT2D eigenvalue weighted by molar-refractivity contribution is 5.59. The fourth-order valence-electron chi connectivity index (χ4n) is 2.13. The lowest BCUT2D eigenvalue weighted by molar-refractivity contribution is -0.145. The van der Waals surface area contributed by atoms with Gasteiger partial charge in [0.2, 0.25) is 5.82 Å². The van der Waals surface area contributed by atoms with Crippen molar-refractivity contribution < 1.29 is 17.6 Å². The minimum Gasteiger partial charge on any atom is -0.296 e. The number of aromatic nitrogens is 2. The van der Waals surface area contributed by atoms with Crippen molar-refractivity contribution in [1.29, 1.82) is 0 Å². The third kappa shape index (κ3) is 2.72. The van der Waals surface area contributed by atoms with Crippen LogP contribution in [0.3, 0.4) is 0 Å². The summed E-state index contributed by atoms with van der Waals surface area (Å²) in [6, 6.07) is 13.3. The van der Waals surface area contributed by atoms with E-state index in [4.69, 9.17) is 0 Å². The average Bonchev–Trinajstić information content (AvgIpc) is 2.94. The molecule has 2 aromatic carbocycles. The summed E-state index contributed by atoms with van der Waals surface area (Å²) in [5.74, 6) is -1.56. The maximum Gasteiger partial charge on any atom is 0.450 e. The van der Waals surface area contributed by atoms with Crippen molar-refractivity contribution >= 4 is 0 Å². The van der Waals surface area contributed by atoms with E-state index in [0.717, 1.165) is 16.7 Å². The second kappa shape index (κ2) is 5.29. The van der Waals surface area contributed by atoms with Gasteiger partial charge in [0, 0.05) is 17.4 Å². The van der Waals surface area contributed by atoms with Gasteiger partial charge in [-0.05, 0) is 24.3 Å². The summed E-state index contributed by atoms with van der Waals surface area (Å²) >= 11 is 0. The molecule has 0 atom stereocenters. The van der Waals surface area contributed by atoms with Gasteiger partial charge in [-0.15, -0.1) is 0 Å². The van der Waals surface area contributed by atoms with Crippen LogP contribution in [0.2, 0.25) is 0 Å². The molecule has 0 aliphatic heterocycles. The lowest BCUT2D eigenvalue weighted by atomic mass is 10.2. The molecule has 22 heavy (non-hydrogen) atoms. The Morgan fingerprint density at radius 2 is 1.50 bits per heavy atom. The van der Waals surface area contributed by atoms with Crippen LogP contribution >= 0.6 is 0 Å². The average molecular weight is 306 g/mol. The van der Waals surface area contributed by atoms with Crippen molar-refractivity contribution in [3.63, 3.8) is 0 Å². The molecule has 0 saturated carbocycles. The largest absolute Gasteiger partial charge is 0.450 e. The Bertz CT molecular complexity index is 774. The van der Waals surface area contributed by atoms with Crippen molar-refractivity contribution in [2.24, 2.45) is 0 Å². The van der Waals surface area contributed by atoms with Gasteiger partial charge in [-0.3, -0.25) is 4.57 Å². The Labute approximate surface area is 123 Å². The lowest BCUT2D eigenvalue weighted by Gasteiger charge is -2.09. The Hall–Kier alpha value is -2.63. The molecule has 0 unspecified atom stereocenters. The van der Waals surface area contributed by atoms with Gasteiger partial charge in [-0.25, -0.2) is 9.37 Å². The van der Waals surface area contributed by atoms with E-state index in [1.54, 1.807) is 30.3 Å². The summed E-state index contributed by atoms with van der Waals surface area (Å²) in [6.45, 7) is 0. The molecule has 0 aliphatic rings. The first-order chi connectivity index (χ1) is 10.4. The molecular formula is C16H10F4N2. The fourth-order valence-corrected chi connectivity index (χ4v) is 2.13. The van der Waals surface area contributed by atoms with Gasteiger partial charge in [-0.2, -0.15) is 13.2 Å². The number of rotatable bonds is 2. The molecule has 0 bridgehead atoms. The molecule has 0 N–H and O–H groups in total. The van der Waals surface area contributed by atoms with Crippen LogP contribution in [0, 0.1) is 5.82 Å². The summed E-state index contributed by atoms with van der Waals surface area (Å²) in [5, 5.41) is 0. The van der Waals surface area contributed by atoms with E-state index in [-0.39, 0.29) is 11.4 Å². The molecule has 0 radical (unpaired) electrons. The van der Waals surface area contributed by atoms with Crippen LogP contribution in [0.25, 0.3) is 16.9 Å². The molecule has 6 heteroatoms. The predicted molar refractivity (Wildman–Crippen MR) is 74.0 cm³/mol. The van der Waals surface area contributed by atoms with Crippen molar-refractivity contribution in [3.05, 3.63) is 72.4 Å². The molecule has 112 valence electrons. The SMILES string of the molecule is Fc1ccc(-n2cc(-c3ccccc3)nc2C(F)(F)F)cc1. The van der Waals surface area contributed by atoms with Crippen molar-refractivity contribution in [1.82, 2.24) is 9.55 Å². The number of imidazole rings is 1. The predicted octanol–water partition coefficient (Wildman–Crippen LogP) is 4.70. The molecule has 1 heterocycles. The second-order valence-corrected chi connectivity index (χ2v) is 4.66. The highest BCUT2D eigenvalue weighted by atomic mass is 19.4. The van der Waals surface area contributed by atoms with Crippen LogP contribution in [0.5, 0.6) is 0 Å². The summed E-state index contributed by atoms with van der Waals surface area (Å²) in [4.78, 5) is 3.69. The zero-order valence-electron chi connectivity index (χ0n) is 11.2. The van der Waals surface area contributed by atoms with Gasteiger partial charge in [0.15, 0.2) is 0 Å². The van der Waals surface area contributed by atoms with E-state index in [0.29, 0.717) is 5.56 Å². The molecule has 2 nitrogen and oxygen atoms in total. The summed E-state index contributed by atoms with van der Waals surface area (Å²) < 4.78 is 53.4. The van der Waals surface area contributed by atoms with Crippen molar-refractivity contribution in [2.75, 3.05) is 0 Å². The first kappa shape index (κ1) is 14.3. The highest BCUT2D eigenvalue weighted by Gasteiger charge is 2.37. The second-order valence-electron chi connectivity index (χ2n) is 4.66. The van der Waals surface area contributed by atoms with Gasteiger partial charge in [0.25, 0.3) is 0 Å². The van der Waals surface area contributed by atoms with Gasteiger partial charge >= 0.3 is 6.18 Å². The van der Waals surface area contributed by atoms with Crippen molar-refractivity contribution in [3.8, 4) is 16.9 Å². The van der Waals surface area contributed by atoms with Gasteiger partial charge in [-0.1, -0.05) is 30.3 Å². The Morgan fingerprint density at radius 3 is 2.09 bits per heavy atom. The first-order valence-corrected chi connectivity index (χ1v) is 6.43. The minimum atomic E-state index is -4.61. The molecule has 0 aliphatic carbocycles. The molecule has 0 amide bonds. The highest BCUT2D eigenvalue weighted by Crippen LogP contribution is 2.33.